The van der Waals surface area contributed by atoms with Gasteiger partial charge < -0.3 is 10.6 Å². The van der Waals surface area contributed by atoms with E-state index in [-0.39, 0.29) is 11.4 Å². The first-order valence-corrected chi connectivity index (χ1v) is 9.23. The Bertz CT molecular complexity index is 635. The quantitative estimate of drug-likeness (QED) is 0.884. The second-order valence-electron chi connectivity index (χ2n) is 7.70. The fraction of sp³-hybridized carbons (Fsp3) is 0.722. The van der Waals surface area contributed by atoms with Gasteiger partial charge in [0.2, 0.25) is 5.91 Å². The zero-order chi connectivity index (χ0) is 18.0. The number of carbonyl (C=O) groups is 2. The molecule has 0 aliphatic carbocycles. The molecule has 1 aromatic rings. The summed E-state index contributed by atoms with van der Waals surface area (Å²) in [6.07, 6.45) is 8.42. The number of piperidine rings is 2. The van der Waals surface area contributed by atoms with Gasteiger partial charge in [-0.25, -0.2) is 0 Å². The van der Waals surface area contributed by atoms with Crippen LogP contribution in [0, 0.1) is 5.92 Å². The van der Waals surface area contributed by atoms with Crippen LogP contribution in [0.1, 0.15) is 49.4 Å². The molecular formula is C18H29N5O2. The van der Waals surface area contributed by atoms with Crippen molar-refractivity contribution in [3.05, 3.63) is 18.0 Å². The summed E-state index contributed by atoms with van der Waals surface area (Å²) in [5, 5.41) is 4.21. The third-order valence-corrected chi connectivity index (χ3v) is 5.98. The van der Waals surface area contributed by atoms with Crippen LogP contribution < -0.4 is 5.73 Å². The summed E-state index contributed by atoms with van der Waals surface area (Å²) in [5.74, 6) is 0.307. The van der Waals surface area contributed by atoms with Gasteiger partial charge in [-0.3, -0.25) is 19.2 Å². The number of hydrogen-bond donors (Lipinski definition) is 1. The standard InChI is InChI=1S/C18H29N5O2/c1-18(7-3-4-8-21(18)2)17(25)22-9-5-14(6-10-22)12-23-13-15(11-20-23)16(19)24/h11,13-14H,3-10,12H2,1-2H3,(H2,19,24)/t18-/m0/s1. The van der Waals surface area contributed by atoms with Gasteiger partial charge in [0.05, 0.1) is 17.3 Å². The van der Waals surface area contributed by atoms with Gasteiger partial charge in [-0.2, -0.15) is 5.10 Å². The van der Waals surface area contributed by atoms with Crippen molar-refractivity contribution in [1.29, 1.82) is 0 Å². The summed E-state index contributed by atoms with van der Waals surface area (Å²) in [7, 11) is 2.07. The van der Waals surface area contributed by atoms with Crippen LogP contribution in [0.5, 0.6) is 0 Å². The molecule has 0 unspecified atom stereocenters. The van der Waals surface area contributed by atoms with E-state index < -0.39 is 5.91 Å². The van der Waals surface area contributed by atoms with E-state index in [2.05, 4.69) is 24.0 Å². The van der Waals surface area contributed by atoms with E-state index in [1.807, 2.05) is 4.90 Å². The molecule has 3 rings (SSSR count). The highest BCUT2D eigenvalue weighted by atomic mass is 16.2. The van der Waals surface area contributed by atoms with Crippen molar-refractivity contribution in [3.63, 3.8) is 0 Å². The molecule has 0 radical (unpaired) electrons. The number of amides is 2. The average Bonchev–Trinajstić information content (AvgIpc) is 3.06. The number of nitrogens with zero attached hydrogens (tertiary/aromatic N) is 4. The first-order chi connectivity index (χ1) is 11.9. The van der Waals surface area contributed by atoms with Crippen LogP contribution in [0.25, 0.3) is 0 Å². The summed E-state index contributed by atoms with van der Waals surface area (Å²) in [6, 6.07) is 0. The van der Waals surface area contributed by atoms with Crippen LogP contribution in [0.3, 0.4) is 0 Å². The number of likely N-dealkylation sites (N-methyl/N-ethyl adjacent to an activating group) is 1. The van der Waals surface area contributed by atoms with E-state index in [9.17, 15) is 9.59 Å². The Morgan fingerprint density at radius 3 is 2.60 bits per heavy atom. The predicted octanol–water partition coefficient (Wildman–Crippen LogP) is 1.10. The Morgan fingerprint density at radius 2 is 2.00 bits per heavy atom. The minimum atomic E-state index is -0.448. The number of nitrogens with two attached hydrogens (primary N) is 1. The summed E-state index contributed by atoms with van der Waals surface area (Å²) in [4.78, 5) is 28.5. The van der Waals surface area contributed by atoms with E-state index >= 15 is 0 Å². The molecule has 0 bridgehead atoms. The number of likely N-dealkylation sites (tertiary alicyclic amines) is 2. The normalized spacial score (nSPS) is 25.9. The molecule has 7 nitrogen and oxygen atoms in total. The molecule has 2 aliphatic heterocycles. The van der Waals surface area contributed by atoms with Crippen LogP contribution >= 0.6 is 0 Å². The van der Waals surface area contributed by atoms with Crippen LogP contribution in [-0.4, -0.2) is 63.6 Å². The first-order valence-electron chi connectivity index (χ1n) is 9.23. The van der Waals surface area contributed by atoms with E-state index in [1.165, 1.54) is 12.6 Å². The molecule has 25 heavy (non-hydrogen) atoms. The monoisotopic (exact) mass is 347 g/mol. The third-order valence-electron chi connectivity index (χ3n) is 5.98. The van der Waals surface area contributed by atoms with Gasteiger partial charge in [-0.1, -0.05) is 0 Å². The van der Waals surface area contributed by atoms with E-state index in [0.717, 1.165) is 51.9 Å². The lowest BCUT2D eigenvalue weighted by Gasteiger charge is -2.45. The lowest BCUT2D eigenvalue weighted by Crippen LogP contribution is -2.59. The SMILES string of the molecule is CN1CCCC[C@@]1(C)C(=O)N1CCC(Cn2cc(C(N)=O)cn2)CC1. The second kappa shape index (κ2) is 7.15. The molecule has 2 amide bonds. The number of hydrogen-bond acceptors (Lipinski definition) is 4. The maximum atomic E-state index is 13.0. The first kappa shape index (κ1) is 17.9. The van der Waals surface area contributed by atoms with E-state index in [0.29, 0.717) is 11.5 Å². The third kappa shape index (κ3) is 3.71. The Balaban J connectivity index is 1.54. The van der Waals surface area contributed by atoms with Crippen molar-refractivity contribution in [1.82, 2.24) is 19.6 Å². The Kier molecular flexibility index (Phi) is 5.13. The summed E-state index contributed by atoms with van der Waals surface area (Å²) in [5.41, 5.74) is 5.37. The van der Waals surface area contributed by atoms with Crippen LogP contribution in [0.2, 0.25) is 0 Å². The topological polar surface area (TPSA) is 84.5 Å². The fourth-order valence-corrected chi connectivity index (χ4v) is 4.04. The fourth-order valence-electron chi connectivity index (χ4n) is 4.04. The van der Waals surface area contributed by atoms with Crippen molar-refractivity contribution in [2.45, 2.75) is 51.1 Å². The Morgan fingerprint density at radius 1 is 1.28 bits per heavy atom. The molecule has 7 heteroatoms. The highest BCUT2D eigenvalue weighted by molar-refractivity contribution is 5.92. The van der Waals surface area contributed by atoms with Gasteiger partial charge in [-0.05, 0) is 58.5 Å². The van der Waals surface area contributed by atoms with Gasteiger partial charge in [0.15, 0.2) is 0 Å². The van der Waals surface area contributed by atoms with Gasteiger partial charge in [0.1, 0.15) is 0 Å². The molecule has 0 aromatic carbocycles. The minimum absolute atomic E-state index is 0.281. The highest BCUT2D eigenvalue weighted by Gasteiger charge is 2.42. The molecule has 1 atom stereocenters. The summed E-state index contributed by atoms with van der Waals surface area (Å²) < 4.78 is 1.79. The summed E-state index contributed by atoms with van der Waals surface area (Å²) >= 11 is 0. The largest absolute Gasteiger partial charge is 0.366 e. The maximum absolute atomic E-state index is 13.0. The molecule has 3 heterocycles. The van der Waals surface area contributed by atoms with Crippen LogP contribution in [0.15, 0.2) is 12.4 Å². The van der Waals surface area contributed by atoms with Crippen LogP contribution in [0.4, 0.5) is 0 Å². The molecule has 0 saturated carbocycles. The van der Waals surface area contributed by atoms with Crippen molar-refractivity contribution in [2.75, 3.05) is 26.7 Å². The lowest BCUT2D eigenvalue weighted by molar-refractivity contribution is -0.146. The molecule has 0 spiro atoms. The molecule has 1 aromatic heterocycles. The van der Waals surface area contributed by atoms with E-state index in [1.54, 1.807) is 10.9 Å². The van der Waals surface area contributed by atoms with Crippen molar-refractivity contribution < 1.29 is 9.59 Å². The van der Waals surface area contributed by atoms with Gasteiger partial charge in [-0.15, -0.1) is 0 Å². The molecule has 138 valence electrons. The highest BCUT2D eigenvalue weighted by Crippen LogP contribution is 2.30. The molecule has 2 N–H and O–H groups in total. The maximum Gasteiger partial charge on any atom is 0.251 e. The Labute approximate surface area is 149 Å². The van der Waals surface area contributed by atoms with Gasteiger partial charge >= 0.3 is 0 Å². The van der Waals surface area contributed by atoms with Crippen molar-refractivity contribution in [3.8, 4) is 0 Å². The summed E-state index contributed by atoms with van der Waals surface area (Å²) in [6.45, 7) is 5.47. The number of carbonyl (C=O) groups excluding carboxylic acids is 2. The molecule has 2 saturated heterocycles. The Hall–Kier alpha value is -1.89. The number of primary amides is 1. The molecular weight excluding hydrogens is 318 g/mol. The average molecular weight is 347 g/mol. The lowest BCUT2D eigenvalue weighted by atomic mass is 9.86. The second-order valence-corrected chi connectivity index (χ2v) is 7.70. The smallest absolute Gasteiger partial charge is 0.251 e. The number of aromatic nitrogens is 2. The number of rotatable bonds is 4. The van der Waals surface area contributed by atoms with Gasteiger partial charge in [0.25, 0.3) is 5.91 Å². The zero-order valence-electron chi connectivity index (χ0n) is 15.3. The predicted molar refractivity (Wildman–Crippen MR) is 94.9 cm³/mol. The van der Waals surface area contributed by atoms with Crippen LogP contribution in [-0.2, 0) is 11.3 Å². The zero-order valence-corrected chi connectivity index (χ0v) is 15.3. The molecule has 2 aliphatic rings. The van der Waals surface area contributed by atoms with Crippen molar-refractivity contribution in [2.24, 2.45) is 11.7 Å². The van der Waals surface area contributed by atoms with E-state index in [4.69, 9.17) is 5.73 Å². The minimum Gasteiger partial charge on any atom is -0.366 e. The van der Waals surface area contributed by atoms with Crippen molar-refractivity contribution >= 4 is 11.8 Å². The van der Waals surface area contributed by atoms with Gasteiger partial charge in [0, 0.05) is 25.8 Å². The molecule has 2 fully saturated rings.